The molecule has 110 valence electrons. The van der Waals surface area contributed by atoms with Crippen LogP contribution in [0, 0.1) is 5.92 Å². The number of likely N-dealkylation sites (tertiary alicyclic amines) is 1. The fourth-order valence-corrected chi connectivity index (χ4v) is 2.96. The van der Waals surface area contributed by atoms with Crippen LogP contribution in [0.25, 0.3) is 11.0 Å². The molecule has 1 aromatic carbocycles. The number of hydrogen-bond donors (Lipinski definition) is 1. The number of benzene rings is 1. The Labute approximate surface area is 124 Å². The molecule has 3 rings (SSSR count). The Kier molecular flexibility index (Phi) is 4.10. The van der Waals surface area contributed by atoms with Gasteiger partial charge in [0, 0.05) is 25.5 Å². The fourth-order valence-electron chi connectivity index (χ4n) is 2.96. The van der Waals surface area contributed by atoms with Crippen molar-refractivity contribution in [3.63, 3.8) is 0 Å². The van der Waals surface area contributed by atoms with Crippen LogP contribution in [-0.2, 0) is 0 Å². The van der Waals surface area contributed by atoms with Crippen LogP contribution in [0.4, 0.5) is 0 Å². The van der Waals surface area contributed by atoms with Gasteiger partial charge in [0.25, 0.3) is 5.91 Å². The van der Waals surface area contributed by atoms with Crippen molar-refractivity contribution in [2.24, 2.45) is 5.92 Å². The van der Waals surface area contributed by atoms with Crippen LogP contribution in [0.2, 0.25) is 0 Å². The zero-order chi connectivity index (χ0) is 14.7. The van der Waals surface area contributed by atoms with E-state index in [0.717, 1.165) is 38.0 Å². The highest BCUT2D eigenvalue weighted by atomic mass is 16.2. The number of para-hydroxylation sites is 1. The smallest absolute Gasteiger partial charge is 0.256 e. The standard InChI is InChI=1S/C16H20N4O/c1-17-11-12-5-9-20(10-6-12)16(21)13-3-2-4-14-15(13)19-8-7-18-14/h2-4,7-8,12,17H,5-6,9-11H2,1H3. The van der Waals surface area contributed by atoms with Crippen LogP contribution in [-0.4, -0.2) is 47.5 Å². The highest BCUT2D eigenvalue weighted by Crippen LogP contribution is 2.21. The molecule has 0 radical (unpaired) electrons. The summed E-state index contributed by atoms with van der Waals surface area (Å²) in [5.74, 6) is 0.746. The lowest BCUT2D eigenvalue weighted by molar-refractivity contribution is 0.0692. The van der Waals surface area contributed by atoms with Gasteiger partial charge in [-0.2, -0.15) is 0 Å². The molecule has 5 heteroatoms. The van der Waals surface area contributed by atoms with Crippen LogP contribution in [0.1, 0.15) is 23.2 Å². The third-order valence-corrected chi connectivity index (χ3v) is 4.12. The number of rotatable bonds is 3. The zero-order valence-electron chi connectivity index (χ0n) is 12.2. The second-order valence-corrected chi connectivity index (χ2v) is 5.52. The van der Waals surface area contributed by atoms with E-state index in [0.29, 0.717) is 17.0 Å². The Hall–Kier alpha value is -2.01. The number of carbonyl (C=O) groups is 1. The Morgan fingerprint density at radius 3 is 2.81 bits per heavy atom. The molecule has 0 spiro atoms. The van der Waals surface area contributed by atoms with Crippen molar-refractivity contribution in [1.29, 1.82) is 0 Å². The molecule has 2 aromatic rings. The number of carbonyl (C=O) groups excluding carboxylic acids is 1. The van der Waals surface area contributed by atoms with Crippen LogP contribution in [0.3, 0.4) is 0 Å². The molecule has 2 heterocycles. The lowest BCUT2D eigenvalue weighted by atomic mass is 9.96. The van der Waals surface area contributed by atoms with E-state index in [-0.39, 0.29) is 5.91 Å². The molecule has 1 aliphatic heterocycles. The van der Waals surface area contributed by atoms with Gasteiger partial charge in [-0.15, -0.1) is 0 Å². The van der Waals surface area contributed by atoms with Crippen LogP contribution < -0.4 is 5.32 Å². The van der Waals surface area contributed by atoms with Crippen molar-refractivity contribution < 1.29 is 4.79 Å². The maximum absolute atomic E-state index is 12.7. The van der Waals surface area contributed by atoms with Crippen molar-refractivity contribution in [3.05, 3.63) is 36.2 Å². The first-order chi connectivity index (χ1) is 10.3. The number of piperidine rings is 1. The monoisotopic (exact) mass is 284 g/mol. The number of aromatic nitrogens is 2. The lowest BCUT2D eigenvalue weighted by Crippen LogP contribution is -2.40. The summed E-state index contributed by atoms with van der Waals surface area (Å²) in [4.78, 5) is 23.2. The molecule has 1 saturated heterocycles. The Morgan fingerprint density at radius 1 is 1.29 bits per heavy atom. The van der Waals surface area contributed by atoms with Gasteiger partial charge in [-0.1, -0.05) is 6.07 Å². The number of amides is 1. The summed E-state index contributed by atoms with van der Waals surface area (Å²) in [5, 5.41) is 3.22. The topological polar surface area (TPSA) is 58.1 Å². The Balaban J connectivity index is 1.79. The first kappa shape index (κ1) is 13.9. The number of fused-ring (bicyclic) bond motifs is 1. The highest BCUT2D eigenvalue weighted by molar-refractivity contribution is 6.04. The molecule has 1 amide bonds. The SMILES string of the molecule is CNCC1CCN(C(=O)c2cccc3nccnc23)CC1. The molecule has 0 unspecified atom stereocenters. The third kappa shape index (κ3) is 2.88. The Morgan fingerprint density at radius 2 is 2.05 bits per heavy atom. The summed E-state index contributed by atoms with van der Waals surface area (Å²) in [6.45, 7) is 2.67. The van der Waals surface area contributed by atoms with Gasteiger partial charge < -0.3 is 10.2 Å². The molecular weight excluding hydrogens is 264 g/mol. The van der Waals surface area contributed by atoms with E-state index in [4.69, 9.17) is 0 Å². The number of nitrogens with zero attached hydrogens (tertiary/aromatic N) is 3. The third-order valence-electron chi connectivity index (χ3n) is 4.12. The summed E-state index contributed by atoms with van der Waals surface area (Å²) < 4.78 is 0. The van der Waals surface area contributed by atoms with Gasteiger partial charge in [-0.05, 0) is 44.5 Å². The summed E-state index contributed by atoms with van der Waals surface area (Å²) in [7, 11) is 1.98. The van der Waals surface area contributed by atoms with Crippen LogP contribution in [0.15, 0.2) is 30.6 Å². The highest BCUT2D eigenvalue weighted by Gasteiger charge is 2.24. The molecule has 0 aliphatic carbocycles. The van der Waals surface area contributed by atoms with Crippen molar-refractivity contribution in [1.82, 2.24) is 20.2 Å². The van der Waals surface area contributed by atoms with Crippen molar-refractivity contribution >= 4 is 16.9 Å². The molecule has 21 heavy (non-hydrogen) atoms. The minimum absolute atomic E-state index is 0.0732. The van der Waals surface area contributed by atoms with Crippen LogP contribution >= 0.6 is 0 Å². The van der Waals surface area contributed by atoms with Crippen molar-refractivity contribution in [2.45, 2.75) is 12.8 Å². The molecule has 1 aliphatic rings. The average molecular weight is 284 g/mol. The lowest BCUT2D eigenvalue weighted by Gasteiger charge is -2.32. The predicted molar refractivity (Wildman–Crippen MR) is 82.1 cm³/mol. The van der Waals surface area contributed by atoms with E-state index in [1.54, 1.807) is 12.4 Å². The molecule has 0 atom stereocenters. The quantitative estimate of drug-likeness (QED) is 0.932. The van der Waals surface area contributed by atoms with Gasteiger partial charge in [0.2, 0.25) is 0 Å². The summed E-state index contributed by atoms with van der Waals surface area (Å²) >= 11 is 0. The summed E-state index contributed by atoms with van der Waals surface area (Å²) in [6, 6.07) is 5.61. The Bertz CT molecular complexity index is 630. The maximum Gasteiger partial charge on any atom is 0.256 e. The number of hydrogen-bond acceptors (Lipinski definition) is 4. The fraction of sp³-hybridized carbons (Fsp3) is 0.438. The van der Waals surface area contributed by atoms with E-state index in [1.165, 1.54) is 0 Å². The van der Waals surface area contributed by atoms with Gasteiger partial charge in [-0.25, -0.2) is 0 Å². The minimum atomic E-state index is 0.0732. The van der Waals surface area contributed by atoms with Crippen molar-refractivity contribution in [3.8, 4) is 0 Å². The molecule has 1 aromatic heterocycles. The number of nitrogens with one attached hydrogen (secondary N) is 1. The average Bonchev–Trinajstić information content (AvgIpc) is 2.55. The summed E-state index contributed by atoms with van der Waals surface area (Å²) in [5.41, 5.74) is 2.13. The maximum atomic E-state index is 12.7. The van der Waals surface area contributed by atoms with E-state index in [2.05, 4.69) is 15.3 Å². The second-order valence-electron chi connectivity index (χ2n) is 5.52. The predicted octanol–water partition coefficient (Wildman–Crippen LogP) is 1.70. The minimum Gasteiger partial charge on any atom is -0.339 e. The molecule has 5 nitrogen and oxygen atoms in total. The van der Waals surface area contributed by atoms with Gasteiger partial charge >= 0.3 is 0 Å². The van der Waals surface area contributed by atoms with E-state index < -0.39 is 0 Å². The van der Waals surface area contributed by atoms with Crippen LogP contribution in [0.5, 0.6) is 0 Å². The summed E-state index contributed by atoms with van der Waals surface area (Å²) in [6.07, 6.45) is 5.41. The second kappa shape index (κ2) is 6.18. The van der Waals surface area contributed by atoms with E-state index in [9.17, 15) is 4.79 Å². The van der Waals surface area contributed by atoms with Gasteiger partial charge in [-0.3, -0.25) is 14.8 Å². The normalized spacial score (nSPS) is 16.3. The molecule has 0 bridgehead atoms. The first-order valence-corrected chi connectivity index (χ1v) is 7.43. The van der Waals surface area contributed by atoms with Gasteiger partial charge in [0.15, 0.2) is 0 Å². The van der Waals surface area contributed by atoms with Gasteiger partial charge in [0.1, 0.15) is 5.52 Å². The largest absolute Gasteiger partial charge is 0.339 e. The first-order valence-electron chi connectivity index (χ1n) is 7.43. The van der Waals surface area contributed by atoms with Crippen molar-refractivity contribution in [2.75, 3.05) is 26.7 Å². The van der Waals surface area contributed by atoms with Gasteiger partial charge in [0.05, 0.1) is 11.1 Å². The molecule has 1 N–H and O–H groups in total. The molecular formula is C16H20N4O. The molecule has 0 saturated carbocycles. The zero-order valence-corrected chi connectivity index (χ0v) is 12.2. The van der Waals surface area contributed by atoms with E-state index >= 15 is 0 Å². The van der Waals surface area contributed by atoms with E-state index in [1.807, 2.05) is 30.1 Å². The molecule has 1 fully saturated rings.